The van der Waals surface area contributed by atoms with Gasteiger partial charge in [-0.05, 0) is 25.0 Å². The highest BCUT2D eigenvalue weighted by atomic mass is 16.5. The van der Waals surface area contributed by atoms with Gasteiger partial charge in [0.05, 0.1) is 12.5 Å². The SMILES string of the molecule is Cc1nc(CNC(=O)C2COc3ccccc3C2)n[nH]1. The average Bonchev–Trinajstić information content (AvgIpc) is 2.90. The van der Waals surface area contributed by atoms with E-state index >= 15 is 0 Å². The van der Waals surface area contributed by atoms with Crippen molar-refractivity contribution in [3.63, 3.8) is 0 Å². The highest BCUT2D eigenvalue weighted by Gasteiger charge is 2.25. The van der Waals surface area contributed by atoms with Crippen LogP contribution in [-0.4, -0.2) is 27.7 Å². The number of aromatic amines is 1. The zero-order valence-corrected chi connectivity index (χ0v) is 11.2. The summed E-state index contributed by atoms with van der Waals surface area (Å²) in [5.74, 6) is 2.02. The van der Waals surface area contributed by atoms with Crippen LogP contribution < -0.4 is 10.1 Å². The largest absolute Gasteiger partial charge is 0.492 e. The number of carbonyl (C=O) groups is 1. The molecule has 2 aromatic rings. The second-order valence-corrected chi connectivity index (χ2v) is 4.87. The monoisotopic (exact) mass is 272 g/mol. The van der Waals surface area contributed by atoms with E-state index in [4.69, 9.17) is 4.74 Å². The number of para-hydroxylation sites is 1. The number of H-pyrrole nitrogens is 1. The number of aromatic nitrogens is 3. The van der Waals surface area contributed by atoms with Gasteiger partial charge in [0.15, 0.2) is 5.82 Å². The lowest BCUT2D eigenvalue weighted by molar-refractivity contribution is -0.126. The summed E-state index contributed by atoms with van der Waals surface area (Å²) in [5, 5.41) is 9.58. The molecule has 1 aromatic carbocycles. The number of rotatable bonds is 3. The smallest absolute Gasteiger partial charge is 0.227 e. The average molecular weight is 272 g/mol. The predicted octanol–water partition coefficient (Wildman–Crippen LogP) is 0.981. The van der Waals surface area contributed by atoms with Crippen LogP contribution in [0.2, 0.25) is 0 Å². The molecular formula is C14H16N4O2. The molecule has 104 valence electrons. The molecule has 6 nitrogen and oxygen atoms in total. The van der Waals surface area contributed by atoms with Gasteiger partial charge in [-0.1, -0.05) is 18.2 Å². The predicted molar refractivity (Wildman–Crippen MR) is 72.1 cm³/mol. The van der Waals surface area contributed by atoms with Crippen molar-refractivity contribution >= 4 is 5.91 Å². The third kappa shape index (κ3) is 2.64. The standard InChI is InChI=1S/C14H16N4O2/c1-9-16-13(18-17-9)7-15-14(19)11-6-10-4-2-3-5-12(10)20-8-11/h2-5,11H,6-8H2,1H3,(H,15,19)(H,16,17,18). The number of fused-ring (bicyclic) bond motifs is 1. The van der Waals surface area contributed by atoms with E-state index in [1.165, 1.54) is 0 Å². The van der Waals surface area contributed by atoms with Crippen molar-refractivity contribution in [1.82, 2.24) is 20.5 Å². The molecule has 1 atom stereocenters. The number of hydrogen-bond donors (Lipinski definition) is 2. The van der Waals surface area contributed by atoms with Gasteiger partial charge in [0, 0.05) is 0 Å². The summed E-state index contributed by atoms with van der Waals surface area (Å²) >= 11 is 0. The molecule has 1 amide bonds. The molecule has 0 aliphatic carbocycles. The van der Waals surface area contributed by atoms with Gasteiger partial charge in [-0.2, -0.15) is 5.10 Å². The minimum Gasteiger partial charge on any atom is -0.492 e. The van der Waals surface area contributed by atoms with E-state index in [9.17, 15) is 4.79 Å². The fourth-order valence-corrected chi connectivity index (χ4v) is 2.27. The molecule has 1 unspecified atom stereocenters. The van der Waals surface area contributed by atoms with Crippen molar-refractivity contribution < 1.29 is 9.53 Å². The molecular weight excluding hydrogens is 256 g/mol. The number of amides is 1. The first-order chi connectivity index (χ1) is 9.72. The van der Waals surface area contributed by atoms with Gasteiger partial charge in [-0.25, -0.2) is 4.98 Å². The Kier molecular flexibility index (Phi) is 3.37. The van der Waals surface area contributed by atoms with Gasteiger partial charge in [-0.15, -0.1) is 0 Å². The maximum absolute atomic E-state index is 12.1. The lowest BCUT2D eigenvalue weighted by Gasteiger charge is -2.24. The van der Waals surface area contributed by atoms with Crippen LogP contribution in [0.1, 0.15) is 17.2 Å². The second-order valence-electron chi connectivity index (χ2n) is 4.87. The second kappa shape index (κ2) is 5.32. The lowest BCUT2D eigenvalue weighted by Crippen LogP contribution is -2.37. The molecule has 0 fully saturated rings. The van der Waals surface area contributed by atoms with Gasteiger partial charge in [-0.3, -0.25) is 9.89 Å². The fourth-order valence-electron chi connectivity index (χ4n) is 2.27. The molecule has 2 N–H and O–H groups in total. The van der Waals surface area contributed by atoms with Crippen molar-refractivity contribution in [3.05, 3.63) is 41.5 Å². The van der Waals surface area contributed by atoms with E-state index in [1.807, 2.05) is 31.2 Å². The summed E-state index contributed by atoms with van der Waals surface area (Å²) in [6.45, 7) is 2.57. The summed E-state index contributed by atoms with van der Waals surface area (Å²) in [7, 11) is 0. The molecule has 0 spiro atoms. The van der Waals surface area contributed by atoms with Crippen molar-refractivity contribution in [2.24, 2.45) is 5.92 Å². The molecule has 6 heteroatoms. The zero-order valence-electron chi connectivity index (χ0n) is 11.2. The molecule has 20 heavy (non-hydrogen) atoms. The highest BCUT2D eigenvalue weighted by Crippen LogP contribution is 2.26. The van der Waals surface area contributed by atoms with Crippen LogP contribution in [0, 0.1) is 12.8 Å². The first-order valence-electron chi connectivity index (χ1n) is 6.58. The Morgan fingerprint density at radius 2 is 2.35 bits per heavy atom. The van der Waals surface area contributed by atoms with Crippen LogP contribution in [0.15, 0.2) is 24.3 Å². The van der Waals surface area contributed by atoms with E-state index < -0.39 is 0 Å². The minimum atomic E-state index is -0.162. The molecule has 0 saturated carbocycles. The van der Waals surface area contributed by atoms with Crippen molar-refractivity contribution in [2.45, 2.75) is 19.9 Å². The Hall–Kier alpha value is -2.37. The molecule has 1 aliphatic rings. The molecule has 1 aliphatic heterocycles. The van der Waals surface area contributed by atoms with Crippen LogP contribution in [0.25, 0.3) is 0 Å². The molecule has 3 rings (SSSR count). The summed E-state index contributed by atoms with van der Waals surface area (Å²) in [5.41, 5.74) is 1.08. The van der Waals surface area contributed by atoms with Crippen LogP contribution in [0.3, 0.4) is 0 Å². The van der Waals surface area contributed by atoms with E-state index in [0.29, 0.717) is 25.4 Å². The van der Waals surface area contributed by atoms with Crippen molar-refractivity contribution in [2.75, 3.05) is 6.61 Å². The van der Waals surface area contributed by atoms with Crippen molar-refractivity contribution in [1.29, 1.82) is 0 Å². The van der Waals surface area contributed by atoms with Gasteiger partial charge < -0.3 is 10.1 Å². The first kappa shape index (κ1) is 12.7. The summed E-state index contributed by atoms with van der Waals surface area (Å²) in [4.78, 5) is 16.3. The summed E-state index contributed by atoms with van der Waals surface area (Å²) in [6.07, 6.45) is 0.703. The maximum atomic E-state index is 12.1. The van der Waals surface area contributed by atoms with Gasteiger partial charge in [0.1, 0.15) is 18.2 Å². The topological polar surface area (TPSA) is 79.9 Å². The van der Waals surface area contributed by atoms with Gasteiger partial charge in [0.25, 0.3) is 0 Å². The number of benzene rings is 1. The number of aryl methyl sites for hydroxylation is 1. The van der Waals surface area contributed by atoms with Gasteiger partial charge in [0.2, 0.25) is 5.91 Å². The Morgan fingerprint density at radius 3 is 3.15 bits per heavy atom. The number of hydrogen-bond acceptors (Lipinski definition) is 4. The quantitative estimate of drug-likeness (QED) is 0.873. The number of nitrogens with one attached hydrogen (secondary N) is 2. The Labute approximate surface area is 116 Å². The van der Waals surface area contributed by atoms with E-state index in [1.54, 1.807) is 0 Å². The fraction of sp³-hybridized carbons (Fsp3) is 0.357. The van der Waals surface area contributed by atoms with Crippen LogP contribution in [0.4, 0.5) is 0 Å². The normalized spacial score (nSPS) is 17.1. The van der Waals surface area contributed by atoms with Crippen LogP contribution in [0.5, 0.6) is 5.75 Å². The maximum Gasteiger partial charge on any atom is 0.227 e. The Balaban J connectivity index is 1.59. The molecule has 0 bridgehead atoms. The number of ether oxygens (including phenoxy) is 1. The third-order valence-electron chi connectivity index (χ3n) is 3.31. The van der Waals surface area contributed by atoms with E-state index in [2.05, 4.69) is 20.5 Å². The van der Waals surface area contributed by atoms with Crippen LogP contribution in [-0.2, 0) is 17.8 Å². The van der Waals surface area contributed by atoms with Crippen molar-refractivity contribution in [3.8, 4) is 5.75 Å². The minimum absolute atomic E-state index is 0.0260. The molecule has 0 saturated heterocycles. The number of carbonyl (C=O) groups excluding carboxylic acids is 1. The zero-order chi connectivity index (χ0) is 13.9. The highest BCUT2D eigenvalue weighted by molar-refractivity contribution is 5.79. The third-order valence-corrected chi connectivity index (χ3v) is 3.31. The van der Waals surface area contributed by atoms with Crippen LogP contribution >= 0.6 is 0 Å². The molecule has 2 heterocycles. The van der Waals surface area contributed by atoms with E-state index in [0.717, 1.165) is 17.1 Å². The number of nitrogens with zero attached hydrogens (tertiary/aromatic N) is 2. The first-order valence-corrected chi connectivity index (χ1v) is 6.58. The summed E-state index contributed by atoms with van der Waals surface area (Å²) < 4.78 is 5.62. The molecule has 0 radical (unpaired) electrons. The molecule has 1 aromatic heterocycles. The lowest BCUT2D eigenvalue weighted by atomic mass is 9.96. The van der Waals surface area contributed by atoms with Gasteiger partial charge >= 0.3 is 0 Å². The Bertz CT molecular complexity index is 623. The Morgan fingerprint density at radius 1 is 1.50 bits per heavy atom. The summed E-state index contributed by atoms with van der Waals surface area (Å²) in [6, 6.07) is 7.82. The van der Waals surface area contributed by atoms with E-state index in [-0.39, 0.29) is 11.8 Å².